The van der Waals surface area contributed by atoms with E-state index in [0.29, 0.717) is 23.4 Å². The molecule has 0 saturated heterocycles. The Labute approximate surface area is 168 Å². The molecular weight excluding hydrogens is 370 g/mol. The lowest BCUT2D eigenvalue weighted by Gasteiger charge is -2.07. The summed E-state index contributed by atoms with van der Waals surface area (Å²) in [4.78, 5) is 35.2. The van der Waals surface area contributed by atoms with Gasteiger partial charge in [-0.3, -0.25) is 14.4 Å². The van der Waals surface area contributed by atoms with Gasteiger partial charge in [-0.2, -0.15) is 0 Å². The summed E-state index contributed by atoms with van der Waals surface area (Å²) in [6.45, 7) is 1.06. The van der Waals surface area contributed by atoms with E-state index in [1.54, 1.807) is 24.3 Å². The molecule has 0 aliphatic carbocycles. The first-order valence-electron chi connectivity index (χ1n) is 9.22. The number of ether oxygens (including phenoxy) is 1. The van der Waals surface area contributed by atoms with Gasteiger partial charge in [0.25, 0.3) is 5.91 Å². The van der Waals surface area contributed by atoms with Gasteiger partial charge < -0.3 is 14.5 Å². The van der Waals surface area contributed by atoms with E-state index in [1.165, 1.54) is 6.92 Å². The Morgan fingerprint density at radius 1 is 0.966 bits per heavy atom. The second-order valence-corrected chi connectivity index (χ2v) is 6.48. The fourth-order valence-corrected chi connectivity index (χ4v) is 2.73. The largest absolute Gasteiger partial charge is 0.461 e. The van der Waals surface area contributed by atoms with E-state index in [-0.39, 0.29) is 12.2 Å². The van der Waals surface area contributed by atoms with Crippen molar-refractivity contribution in [1.82, 2.24) is 0 Å². The lowest BCUT2D eigenvalue weighted by molar-refractivity contribution is -0.147. The second-order valence-electron chi connectivity index (χ2n) is 6.48. The van der Waals surface area contributed by atoms with Crippen molar-refractivity contribution in [3.05, 3.63) is 78.1 Å². The summed E-state index contributed by atoms with van der Waals surface area (Å²) >= 11 is 0. The van der Waals surface area contributed by atoms with E-state index in [0.717, 1.165) is 11.3 Å². The van der Waals surface area contributed by atoms with E-state index in [9.17, 15) is 14.4 Å². The van der Waals surface area contributed by atoms with Crippen LogP contribution in [0.2, 0.25) is 0 Å². The number of hydrogen-bond donors (Lipinski definition) is 1. The van der Waals surface area contributed by atoms with E-state index in [2.05, 4.69) is 5.32 Å². The van der Waals surface area contributed by atoms with E-state index < -0.39 is 18.5 Å². The highest BCUT2D eigenvalue weighted by atomic mass is 16.5. The highest BCUT2D eigenvalue weighted by Crippen LogP contribution is 2.22. The topological polar surface area (TPSA) is 85.6 Å². The summed E-state index contributed by atoms with van der Waals surface area (Å²) in [5, 5.41) is 2.60. The second kappa shape index (κ2) is 9.50. The SMILES string of the molecule is CC(=O)c1cccc(NC(=O)COC(=O)CCc2ccc(-c3ccccc3)o2)c1. The van der Waals surface area contributed by atoms with Crippen molar-refractivity contribution in [2.24, 2.45) is 0 Å². The molecule has 0 spiro atoms. The van der Waals surface area contributed by atoms with Crippen molar-refractivity contribution in [1.29, 1.82) is 0 Å². The van der Waals surface area contributed by atoms with Gasteiger partial charge >= 0.3 is 5.97 Å². The maximum absolute atomic E-state index is 11.9. The van der Waals surface area contributed by atoms with Crippen LogP contribution in [0.1, 0.15) is 29.5 Å². The molecule has 0 bridgehead atoms. The van der Waals surface area contributed by atoms with Crippen LogP contribution in [0.25, 0.3) is 11.3 Å². The first kappa shape index (κ1) is 20.1. The summed E-state index contributed by atoms with van der Waals surface area (Å²) < 4.78 is 10.7. The fourth-order valence-electron chi connectivity index (χ4n) is 2.73. The molecule has 1 N–H and O–H groups in total. The van der Waals surface area contributed by atoms with Crippen LogP contribution in [0.3, 0.4) is 0 Å². The number of amides is 1. The van der Waals surface area contributed by atoms with Gasteiger partial charge in [0, 0.05) is 23.2 Å². The molecule has 0 saturated carbocycles. The zero-order valence-corrected chi connectivity index (χ0v) is 16.0. The number of esters is 1. The molecule has 0 fully saturated rings. The minimum Gasteiger partial charge on any atom is -0.461 e. The molecular formula is C23H21NO5. The molecule has 1 heterocycles. The summed E-state index contributed by atoms with van der Waals surface area (Å²) in [5.41, 5.74) is 1.93. The van der Waals surface area contributed by atoms with E-state index >= 15 is 0 Å². The van der Waals surface area contributed by atoms with E-state index in [1.807, 2.05) is 42.5 Å². The van der Waals surface area contributed by atoms with Crippen LogP contribution >= 0.6 is 0 Å². The zero-order chi connectivity index (χ0) is 20.6. The van der Waals surface area contributed by atoms with Crippen LogP contribution in [0.15, 0.2) is 71.1 Å². The highest BCUT2D eigenvalue weighted by Gasteiger charge is 2.11. The average Bonchev–Trinajstić information content (AvgIpc) is 3.21. The Morgan fingerprint density at radius 2 is 1.76 bits per heavy atom. The van der Waals surface area contributed by atoms with Crippen LogP contribution in [0, 0.1) is 0 Å². The minimum absolute atomic E-state index is 0.0964. The number of benzene rings is 2. The highest BCUT2D eigenvalue weighted by molar-refractivity contribution is 5.97. The number of carbonyl (C=O) groups excluding carboxylic acids is 3. The molecule has 3 aromatic rings. The van der Waals surface area contributed by atoms with E-state index in [4.69, 9.17) is 9.15 Å². The predicted octanol–water partition coefficient (Wildman–Crippen LogP) is 4.26. The van der Waals surface area contributed by atoms with Crippen molar-refractivity contribution in [2.75, 3.05) is 11.9 Å². The number of nitrogens with one attached hydrogen (secondary N) is 1. The predicted molar refractivity (Wildman–Crippen MR) is 109 cm³/mol. The standard InChI is InChI=1S/C23H21NO5/c1-16(25)18-8-5-9-19(14-18)24-22(26)15-28-23(27)13-11-20-10-12-21(29-20)17-6-3-2-4-7-17/h2-10,12,14H,11,13,15H2,1H3,(H,24,26). The van der Waals surface area contributed by atoms with Crippen molar-refractivity contribution in [3.63, 3.8) is 0 Å². The van der Waals surface area contributed by atoms with Crippen LogP contribution < -0.4 is 5.32 Å². The molecule has 3 rings (SSSR count). The summed E-state index contributed by atoms with van der Waals surface area (Å²) in [5.74, 6) is 0.354. The van der Waals surface area contributed by atoms with Gasteiger partial charge in [-0.15, -0.1) is 0 Å². The number of aryl methyl sites for hydroxylation is 1. The molecule has 148 valence electrons. The molecule has 6 heteroatoms. The summed E-state index contributed by atoms with van der Waals surface area (Å²) in [6, 6.07) is 19.9. The number of ketones is 1. The third-order valence-corrected chi connectivity index (χ3v) is 4.21. The van der Waals surface area contributed by atoms with Gasteiger partial charge in [0.05, 0.1) is 6.42 Å². The van der Waals surface area contributed by atoms with Crippen molar-refractivity contribution < 1.29 is 23.5 Å². The maximum Gasteiger partial charge on any atom is 0.306 e. The van der Waals surface area contributed by atoms with Gasteiger partial charge in [0.2, 0.25) is 0 Å². The lowest BCUT2D eigenvalue weighted by atomic mass is 10.1. The number of hydrogen-bond acceptors (Lipinski definition) is 5. The van der Waals surface area contributed by atoms with Gasteiger partial charge in [0.15, 0.2) is 12.4 Å². The number of Topliss-reactive ketones (excluding diaryl/α,β-unsaturated/α-hetero) is 1. The quantitative estimate of drug-likeness (QED) is 0.458. The number of anilines is 1. The molecule has 0 radical (unpaired) electrons. The number of carbonyl (C=O) groups is 3. The molecule has 1 amide bonds. The smallest absolute Gasteiger partial charge is 0.306 e. The maximum atomic E-state index is 11.9. The van der Waals surface area contributed by atoms with Gasteiger partial charge in [0.1, 0.15) is 11.5 Å². The Kier molecular flexibility index (Phi) is 6.58. The van der Waals surface area contributed by atoms with Crippen molar-refractivity contribution >= 4 is 23.3 Å². The van der Waals surface area contributed by atoms with Crippen LogP contribution in [-0.4, -0.2) is 24.3 Å². The monoisotopic (exact) mass is 391 g/mol. The molecule has 2 aromatic carbocycles. The first-order valence-corrected chi connectivity index (χ1v) is 9.22. The number of rotatable bonds is 8. The normalized spacial score (nSPS) is 10.4. The molecule has 29 heavy (non-hydrogen) atoms. The lowest BCUT2D eigenvalue weighted by Crippen LogP contribution is -2.21. The van der Waals surface area contributed by atoms with Crippen LogP contribution in [0.4, 0.5) is 5.69 Å². The third kappa shape index (κ3) is 5.90. The molecule has 0 aliphatic heterocycles. The first-order chi connectivity index (χ1) is 14.0. The average molecular weight is 391 g/mol. The van der Waals surface area contributed by atoms with Gasteiger partial charge in [-0.1, -0.05) is 42.5 Å². The summed E-state index contributed by atoms with van der Waals surface area (Å²) in [7, 11) is 0. The zero-order valence-electron chi connectivity index (χ0n) is 16.0. The Bertz CT molecular complexity index is 1010. The minimum atomic E-state index is -0.490. The van der Waals surface area contributed by atoms with Crippen molar-refractivity contribution in [2.45, 2.75) is 19.8 Å². The molecule has 1 aromatic heterocycles. The molecule has 0 atom stereocenters. The van der Waals surface area contributed by atoms with Gasteiger partial charge in [-0.05, 0) is 31.2 Å². The Balaban J connectivity index is 1.43. The fraction of sp³-hybridized carbons (Fsp3) is 0.174. The Morgan fingerprint density at radius 3 is 2.52 bits per heavy atom. The van der Waals surface area contributed by atoms with Crippen LogP contribution in [-0.2, 0) is 20.7 Å². The summed E-state index contributed by atoms with van der Waals surface area (Å²) in [6.07, 6.45) is 0.489. The number of furan rings is 1. The van der Waals surface area contributed by atoms with Gasteiger partial charge in [-0.25, -0.2) is 0 Å². The molecule has 0 aliphatic rings. The molecule has 6 nitrogen and oxygen atoms in total. The van der Waals surface area contributed by atoms with Crippen molar-refractivity contribution in [3.8, 4) is 11.3 Å². The third-order valence-electron chi connectivity index (χ3n) is 4.21. The molecule has 0 unspecified atom stereocenters. The Hall–Kier alpha value is -3.67. The van der Waals surface area contributed by atoms with Crippen LogP contribution in [0.5, 0.6) is 0 Å².